The monoisotopic (exact) mass is 1250 g/mol. The van der Waals surface area contributed by atoms with Crippen molar-refractivity contribution < 1.29 is 29.5 Å². The predicted molar refractivity (Wildman–Crippen MR) is 378 cm³/mol. The quantitative estimate of drug-likeness (QED) is 0.129. The first-order valence-electron chi connectivity index (χ1n) is 33.2. The van der Waals surface area contributed by atoms with Gasteiger partial charge in [-0.2, -0.15) is 0 Å². The van der Waals surface area contributed by atoms with E-state index in [0.717, 1.165) is 112 Å². The van der Waals surface area contributed by atoms with E-state index in [2.05, 4.69) is 197 Å². The van der Waals surface area contributed by atoms with Crippen molar-refractivity contribution in [3.8, 4) is 34.5 Å². The summed E-state index contributed by atoms with van der Waals surface area (Å²) in [6.07, 6.45) is 7.45. The fraction of sp³-hybridized carbons (Fsp3) is 0.393. The average molecular weight is 1250 g/mol. The third-order valence-corrected chi connectivity index (χ3v) is 18.3. The second-order valence-corrected chi connectivity index (χ2v) is 32.2. The molecule has 93 heavy (non-hydrogen) atoms. The Morgan fingerprint density at radius 3 is 0.613 bits per heavy atom. The Labute approximate surface area is 554 Å². The van der Waals surface area contributed by atoms with Crippen LogP contribution in [0.2, 0.25) is 0 Å². The Hall–Kier alpha value is -8.43. The molecule has 9 aromatic rings. The highest BCUT2D eigenvalue weighted by Crippen LogP contribution is 2.46. The summed E-state index contributed by atoms with van der Waals surface area (Å²) in [5.74, 6) is 2.68. The number of nitrogens with zero attached hydrogens (tertiary/aromatic N) is 3. The number of fused-ring (bicyclic) bond motifs is 12. The molecule has 0 atom stereocenters. The molecule has 12 bridgehead atoms. The van der Waals surface area contributed by atoms with Crippen LogP contribution < -0.4 is 14.2 Å². The first-order chi connectivity index (χ1) is 43.6. The molecular formula is C84H99N3O6. The topological polar surface area (TPSA) is 127 Å². The minimum atomic E-state index is -0.315. The number of aromatic hydroxyl groups is 3. The highest BCUT2D eigenvalue weighted by atomic mass is 16.5. The molecule has 3 heterocycles. The van der Waals surface area contributed by atoms with Gasteiger partial charge in [0, 0.05) is 57.1 Å². The van der Waals surface area contributed by atoms with E-state index in [1.807, 2.05) is 60.8 Å². The maximum atomic E-state index is 13.1. The molecule has 0 unspecified atom stereocenters. The van der Waals surface area contributed by atoms with E-state index in [1.165, 1.54) is 0 Å². The van der Waals surface area contributed by atoms with Gasteiger partial charge in [0.15, 0.2) is 0 Å². The molecule has 6 aromatic carbocycles. The van der Waals surface area contributed by atoms with Crippen LogP contribution in [0.5, 0.6) is 34.5 Å². The van der Waals surface area contributed by atoms with Crippen LogP contribution in [0.3, 0.4) is 0 Å². The zero-order valence-electron chi connectivity index (χ0n) is 58.6. The molecule has 0 saturated carbocycles. The lowest BCUT2D eigenvalue weighted by molar-refractivity contribution is 0.290. The SMILES string of the molecule is CC(C)(C)c1cc2c(O)c(c1)Cc1cc(C(C)(C)C)cc(c1O)Cc1cc(C(C)(C)C)cc(c1OCc1ccccn1)Cc1cc(C(C)(C)C)cc(c1OCc1ccccn1)Cc1cc(C(C)(C)C)cc(c1OCc1ccccn1)Cc1cc(C(C)(C)C)cc(c1O)C2. The van der Waals surface area contributed by atoms with Crippen LogP contribution in [0.25, 0.3) is 0 Å². The normalized spacial score (nSPS) is 13.5. The molecule has 0 aliphatic heterocycles. The van der Waals surface area contributed by atoms with Gasteiger partial charge in [0.1, 0.15) is 54.3 Å². The van der Waals surface area contributed by atoms with Gasteiger partial charge in [-0.1, -0.05) is 216 Å². The summed E-state index contributed by atoms with van der Waals surface area (Å²) in [6, 6.07) is 44.3. The minimum Gasteiger partial charge on any atom is -0.507 e. The highest BCUT2D eigenvalue weighted by molar-refractivity contribution is 5.61. The second kappa shape index (κ2) is 26.2. The predicted octanol–water partition coefficient (Wildman–Crippen LogP) is 19.4. The largest absolute Gasteiger partial charge is 0.507 e. The number of rotatable bonds is 9. The number of aromatic nitrogens is 3. The van der Waals surface area contributed by atoms with Gasteiger partial charge >= 0.3 is 0 Å². The standard InChI is InChI=1S/C84H99N3O6/c1-79(2,3)64-37-52-31-54-39-65(80(4,5)6)41-56(74(54)89)33-58-43-67(82(10,11)12)45-60(76(58)91-49-70-25-19-22-28-85-70)35-62-47-69(84(16,17)18)48-63(78(62)93-51-72-27-21-24-30-87-72)36-61-46-68(83(13,14)15)44-59(77(61)92-50-71-26-20-23-29-86-71)34-57-42-66(81(7,8)9)40-55(75(57)90)32-53(38-64)73(52)88/h19-30,37-48,88-90H,31-36,49-51H2,1-18H3. The van der Waals surface area contributed by atoms with Crippen molar-refractivity contribution in [2.45, 2.75) is 215 Å². The van der Waals surface area contributed by atoms with Crippen molar-refractivity contribution in [2.24, 2.45) is 0 Å². The van der Waals surface area contributed by atoms with Gasteiger partial charge in [-0.25, -0.2) is 0 Å². The summed E-state index contributed by atoms with van der Waals surface area (Å²) in [7, 11) is 0. The van der Waals surface area contributed by atoms with E-state index in [0.29, 0.717) is 47.9 Å². The molecule has 0 radical (unpaired) electrons. The average Bonchev–Trinajstić information content (AvgIpc) is 0.931. The Bertz CT molecular complexity index is 3940. The van der Waals surface area contributed by atoms with E-state index in [9.17, 15) is 15.3 Å². The van der Waals surface area contributed by atoms with Crippen molar-refractivity contribution in [3.63, 3.8) is 0 Å². The van der Waals surface area contributed by atoms with Crippen LogP contribution in [-0.2, 0) is 90.8 Å². The van der Waals surface area contributed by atoms with E-state index < -0.39 is 0 Å². The molecule has 9 heteroatoms. The molecule has 1 aliphatic rings. The van der Waals surface area contributed by atoms with Gasteiger partial charge in [-0.15, -0.1) is 0 Å². The van der Waals surface area contributed by atoms with Crippen LogP contribution in [0.15, 0.2) is 146 Å². The van der Waals surface area contributed by atoms with Crippen LogP contribution in [0, 0.1) is 0 Å². The number of hydrogen-bond acceptors (Lipinski definition) is 9. The summed E-state index contributed by atoms with van der Waals surface area (Å²) in [5.41, 5.74) is 17.2. The van der Waals surface area contributed by atoms with Gasteiger partial charge in [0.2, 0.25) is 0 Å². The maximum absolute atomic E-state index is 13.1. The molecule has 0 amide bonds. The van der Waals surface area contributed by atoms with Crippen molar-refractivity contribution in [2.75, 3.05) is 0 Å². The lowest BCUT2D eigenvalue weighted by Gasteiger charge is -2.28. The lowest BCUT2D eigenvalue weighted by Crippen LogP contribution is -2.17. The summed E-state index contributed by atoms with van der Waals surface area (Å²) >= 11 is 0. The van der Waals surface area contributed by atoms with Gasteiger partial charge in [0.25, 0.3) is 0 Å². The van der Waals surface area contributed by atoms with Gasteiger partial charge < -0.3 is 29.5 Å². The lowest BCUT2D eigenvalue weighted by atomic mass is 9.79. The third kappa shape index (κ3) is 16.0. The smallest absolute Gasteiger partial charge is 0.130 e. The van der Waals surface area contributed by atoms with Crippen molar-refractivity contribution in [3.05, 3.63) is 263 Å². The van der Waals surface area contributed by atoms with Gasteiger partial charge in [0.05, 0.1) is 17.1 Å². The Kier molecular flexibility index (Phi) is 19.0. The Morgan fingerprint density at radius 2 is 0.441 bits per heavy atom. The zero-order chi connectivity index (χ0) is 67.2. The van der Waals surface area contributed by atoms with E-state index in [4.69, 9.17) is 29.2 Å². The highest BCUT2D eigenvalue weighted by Gasteiger charge is 2.31. The summed E-state index contributed by atoms with van der Waals surface area (Å²) in [6.45, 7) is 40.7. The number of phenols is 3. The number of ether oxygens (including phenoxy) is 3. The number of phenolic OH excluding ortho intramolecular Hbond substituents is 3. The number of benzene rings is 6. The molecule has 486 valence electrons. The molecule has 3 N–H and O–H groups in total. The summed E-state index contributed by atoms with van der Waals surface area (Å²) in [4.78, 5) is 14.3. The summed E-state index contributed by atoms with van der Waals surface area (Å²) < 4.78 is 21.9. The molecule has 0 saturated heterocycles. The molecule has 0 spiro atoms. The van der Waals surface area contributed by atoms with Crippen molar-refractivity contribution >= 4 is 0 Å². The maximum Gasteiger partial charge on any atom is 0.130 e. The van der Waals surface area contributed by atoms with Gasteiger partial charge in [-0.05, 0) is 169 Å². The second-order valence-electron chi connectivity index (χ2n) is 32.2. The first-order valence-corrected chi connectivity index (χ1v) is 33.2. The molecule has 3 aromatic heterocycles. The van der Waals surface area contributed by atoms with Crippen molar-refractivity contribution in [1.29, 1.82) is 0 Å². The minimum absolute atomic E-state index is 0.142. The van der Waals surface area contributed by atoms with Crippen LogP contribution in [-0.4, -0.2) is 30.3 Å². The molecule has 9 nitrogen and oxygen atoms in total. The molecule has 0 fully saturated rings. The molecule has 10 rings (SSSR count). The first kappa shape index (κ1) is 67.5. The number of pyridine rings is 3. The fourth-order valence-electron chi connectivity index (χ4n) is 12.4. The molecule has 1 aliphatic carbocycles. The van der Waals surface area contributed by atoms with Crippen LogP contribution >= 0.6 is 0 Å². The number of hydrogen-bond donors (Lipinski definition) is 3. The molecular weight excluding hydrogens is 1150 g/mol. The summed E-state index contributed by atoms with van der Waals surface area (Å²) in [5, 5.41) is 39.0. The third-order valence-electron chi connectivity index (χ3n) is 18.3. The fourth-order valence-corrected chi connectivity index (χ4v) is 12.4. The van der Waals surface area contributed by atoms with E-state index >= 15 is 0 Å². The Morgan fingerprint density at radius 1 is 0.269 bits per heavy atom. The van der Waals surface area contributed by atoms with E-state index in [1.54, 1.807) is 12.4 Å². The van der Waals surface area contributed by atoms with Crippen molar-refractivity contribution in [1.82, 2.24) is 15.0 Å². The Balaban J connectivity index is 1.33. The van der Waals surface area contributed by atoms with E-state index in [-0.39, 0.29) is 82.4 Å². The van der Waals surface area contributed by atoms with Gasteiger partial charge in [-0.3, -0.25) is 15.0 Å². The zero-order valence-corrected chi connectivity index (χ0v) is 58.6. The van der Waals surface area contributed by atoms with Crippen LogP contribution in [0.4, 0.5) is 0 Å². The van der Waals surface area contributed by atoms with Crippen LogP contribution in [0.1, 0.15) is 242 Å².